The quantitative estimate of drug-likeness (QED) is 0.382. The van der Waals surface area contributed by atoms with Crippen LogP contribution in [0.2, 0.25) is 0 Å². The van der Waals surface area contributed by atoms with Gasteiger partial charge in [-0.2, -0.15) is 5.10 Å². The number of nitrogens with zero attached hydrogens (tertiary/aromatic N) is 8. The second-order valence-corrected chi connectivity index (χ2v) is 10.0. The first-order valence-electron chi connectivity index (χ1n) is 13.2. The molecule has 1 aliphatic heterocycles. The average molecular weight is 483 g/mol. The van der Waals surface area contributed by atoms with Crippen LogP contribution in [0.1, 0.15) is 54.2 Å². The van der Waals surface area contributed by atoms with E-state index in [2.05, 4.69) is 79.0 Å². The smallest absolute Gasteiger partial charge is 0.173 e. The van der Waals surface area contributed by atoms with Gasteiger partial charge in [-0.15, -0.1) is 5.10 Å². The maximum Gasteiger partial charge on any atom is 0.173 e. The molecule has 36 heavy (non-hydrogen) atoms. The Morgan fingerprint density at radius 2 is 1.72 bits per heavy atom. The molecule has 8 heteroatoms. The Kier molecular flexibility index (Phi) is 6.87. The molecule has 1 saturated carbocycles. The van der Waals surface area contributed by atoms with Gasteiger partial charge in [0.25, 0.3) is 0 Å². The predicted octanol–water partition coefficient (Wildman–Crippen LogP) is 3.62. The van der Waals surface area contributed by atoms with Crippen molar-refractivity contribution in [3.63, 3.8) is 0 Å². The molecule has 6 rings (SSSR count). The maximum absolute atomic E-state index is 4.61. The van der Waals surface area contributed by atoms with E-state index in [9.17, 15) is 0 Å². The monoisotopic (exact) mass is 482 g/mol. The highest BCUT2D eigenvalue weighted by atomic mass is 15.5. The van der Waals surface area contributed by atoms with Crippen molar-refractivity contribution < 1.29 is 0 Å². The Hall–Kier alpha value is -3.36. The minimum absolute atomic E-state index is 0.00243. The number of rotatable bonds is 8. The molecule has 0 bridgehead atoms. The molecule has 1 atom stereocenters. The van der Waals surface area contributed by atoms with Gasteiger partial charge in [0, 0.05) is 38.1 Å². The minimum atomic E-state index is 0.00243. The van der Waals surface area contributed by atoms with E-state index in [1.54, 1.807) is 0 Å². The van der Waals surface area contributed by atoms with Crippen LogP contribution < -0.4 is 0 Å². The third-order valence-corrected chi connectivity index (χ3v) is 7.67. The molecule has 1 aliphatic carbocycles. The molecule has 2 fully saturated rings. The van der Waals surface area contributed by atoms with Crippen LogP contribution in [0.4, 0.5) is 0 Å². The lowest BCUT2D eigenvalue weighted by Crippen LogP contribution is -2.42. The van der Waals surface area contributed by atoms with Crippen LogP contribution >= 0.6 is 0 Å². The molecule has 1 saturated heterocycles. The first kappa shape index (κ1) is 23.1. The molecule has 0 spiro atoms. The molecule has 3 heterocycles. The third-order valence-electron chi connectivity index (χ3n) is 7.67. The normalized spacial score (nSPS) is 18.6. The lowest BCUT2D eigenvalue weighted by molar-refractivity contribution is 0.127. The summed E-state index contributed by atoms with van der Waals surface area (Å²) in [5.41, 5.74) is 3.67. The highest BCUT2D eigenvalue weighted by Gasteiger charge is 2.32. The Morgan fingerprint density at radius 3 is 2.53 bits per heavy atom. The van der Waals surface area contributed by atoms with E-state index >= 15 is 0 Å². The van der Waals surface area contributed by atoms with Crippen LogP contribution in [0.5, 0.6) is 0 Å². The van der Waals surface area contributed by atoms with Crippen LogP contribution in [-0.2, 0) is 13.1 Å². The Morgan fingerprint density at radius 1 is 0.833 bits per heavy atom. The molecular weight excluding hydrogens is 448 g/mol. The summed E-state index contributed by atoms with van der Waals surface area (Å²) in [5, 5.41) is 17.6. The van der Waals surface area contributed by atoms with E-state index in [1.165, 1.54) is 48.9 Å². The van der Waals surface area contributed by atoms with Crippen LogP contribution in [0.15, 0.2) is 73.1 Å². The van der Waals surface area contributed by atoms with Gasteiger partial charge in [-0.1, -0.05) is 61.0 Å². The topological polar surface area (TPSA) is 67.9 Å². The van der Waals surface area contributed by atoms with Gasteiger partial charge in [0.15, 0.2) is 5.82 Å². The van der Waals surface area contributed by atoms with Gasteiger partial charge < -0.3 is 0 Å². The number of aromatic nitrogens is 6. The fourth-order valence-electron chi connectivity index (χ4n) is 5.57. The lowest BCUT2D eigenvalue weighted by Gasteiger charge is -2.37. The molecule has 0 N–H and O–H groups in total. The van der Waals surface area contributed by atoms with Crippen molar-refractivity contribution in [3.8, 4) is 0 Å². The fraction of sp³-hybridized carbons (Fsp3) is 0.429. The molecule has 1 unspecified atom stereocenters. The van der Waals surface area contributed by atoms with Crippen molar-refractivity contribution in [1.82, 2.24) is 39.8 Å². The zero-order chi connectivity index (χ0) is 24.2. The molecule has 2 aliphatic rings. The van der Waals surface area contributed by atoms with E-state index in [1.807, 2.05) is 33.9 Å². The summed E-state index contributed by atoms with van der Waals surface area (Å²) >= 11 is 0. The lowest BCUT2D eigenvalue weighted by atomic mass is 9.91. The second kappa shape index (κ2) is 10.7. The molecule has 2 aromatic heterocycles. The van der Waals surface area contributed by atoms with E-state index < -0.39 is 0 Å². The summed E-state index contributed by atoms with van der Waals surface area (Å²) in [4.78, 5) is 5.31. The number of tetrazole rings is 1. The summed E-state index contributed by atoms with van der Waals surface area (Å²) in [7, 11) is 0. The van der Waals surface area contributed by atoms with Gasteiger partial charge >= 0.3 is 0 Å². The second-order valence-electron chi connectivity index (χ2n) is 10.0. The van der Waals surface area contributed by atoms with E-state index in [-0.39, 0.29) is 6.04 Å². The first-order chi connectivity index (χ1) is 17.8. The summed E-state index contributed by atoms with van der Waals surface area (Å²) in [5.74, 6) is 0.909. The van der Waals surface area contributed by atoms with E-state index in [0.717, 1.165) is 38.0 Å². The Labute approximate surface area is 212 Å². The number of benzene rings is 2. The minimum Gasteiger partial charge on any atom is -0.299 e. The predicted molar refractivity (Wildman–Crippen MR) is 138 cm³/mol. The standard InChI is InChI=1S/C28H34N8/c1-2-8-23(9-3-1)22-36-28(30-31-32-36)27(34-16-7-15-33(18-19-34)26-12-5-13-26)25-11-4-10-24(20-25)21-35-17-6-14-29-35/h1-4,6,8-11,14,17,20,26-27H,5,7,12-13,15-16,18-19,21-22H2. The SMILES string of the molecule is c1ccc(Cn2nnnc2C(c2cccc(Cn3cccn3)c2)N2CCCN(C3CCC3)CC2)cc1. The summed E-state index contributed by atoms with van der Waals surface area (Å²) in [6.45, 7) is 5.75. The maximum atomic E-state index is 4.61. The van der Waals surface area contributed by atoms with Crippen LogP contribution in [0.25, 0.3) is 0 Å². The molecular formula is C28H34N8. The van der Waals surface area contributed by atoms with Gasteiger partial charge in [0.05, 0.1) is 19.1 Å². The van der Waals surface area contributed by atoms with Gasteiger partial charge in [-0.25, -0.2) is 4.68 Å². The van der Waals surface area contributed by atoms with Crippen molar-refractivity contribution in [2.75, 3.05) is 26.2 Å². The summed E-state index contributed by atoms with van der Waals surface area (Å²) < 4.78 is 3.95. The third kappa shape index (κ3) is 5.10. The van der Waals surface area contributed by atoms with Gasteiger partial charge in [0.1, 0.15) is 0 Å². The Balaban J connectivity index is 1.32. The van der Waals surface area contributed by atoms with Gasteiger partial charge in [-0.3, -0.25) is 14.5 Å². The fourth-order valence-corrected chi connectivity index (χ4v) is 5.57. The Bertz CT molecular complexity index is 1230. The van der Waals surface area contributed by atoms with Crippen molar-refractivity contribution in [2.45, 2.75) is 50.9 Å². The molecule has 0 amide bonds. The number of hydrogen-bond acceptors (Lipinski definition) is 6. The molecule has 186 valence electrons. The van der Waals surface area contributed by atoms with Crippen LogP contribution in [0.3, 0.4) is 0 Å². The molecule has 2 aromatic carbocycles. The molecule has 4 aromatic rings. The van der Waals surface area contributed by atoms with E-state index in [0.29, 0.717) is 6.54 Å². The zero-order valence-corrected chi connectivity index (χ0v) is 20.7. The van der Waals surface area contributed by atoms with Crippen molar-refractivity contribution in [3.05, 3.63) is 95.6 Å². The average Bonchev–Trinajstić information content (AvgIpc) is 3.48. The first-order valence-corrected chi connectivity index (χ1v) is 13.2. The largest absolute Gasteiger partial charge is 0.299 e. The molecule has 8 nitrogen and oxygen atoms in total. The summed E-state index contributed by atoms with van der Waals surface area (Å²) in [6.07, 6.45) is 9.09. The van der Waals surface area contributed by atoms with Crippen LogP contribution in [0, 0.1) is 0 Å². The highest BCUT2D eigenvalue weighted by Crippen LogP contribution is 2.31. The highest BCUT2D eigenvalue weighted by molar-refractivity contribution is 5.30. The van der Waals surface area contributed by atoms with Gasteiger partial charge in [-0.05, 0) is 59.0 Å². The van der Waals surface area contributed by atoms with Crippen LogP contribution in [-0.4, -0.2) is 72.0 Å². The van der Waals surface area contributed by atoms with Crippen molar-refractivity contribution in [1.29, 1.82) is 0 Å². The summed E-state index contributed by atoms with van der Waals surface area (Å²) in [6, 6.07) is 22.1. The number of hydrogen-bond donors (Lipinski definition) is 0. The van der Waals surface area contributed by atoms with E-state index in [4.69, 9.17) is 0 Å². The van der Waals surface area contributed by atoms with Crippen molar-refractivity contribution >= 4 is 0 Å². The van der Waals surface area contributed by atoms with Gasteiger partial charge in [0.2, 0.25) is 0 Å². The molecule has 0 radical (unpaired) electrons. The zero-order valence-electron chi connectivity index (χ0n) is 20.7. The van der Waals surface area contributed by atoms with Crippen molar-refractivity contribution in [2.24, 2.45) is 0 Å².